The molecule has 2 aliphatic carbocycles. The maximum Gasteiger partial charge on any atom is 0.00371 e. The van der Waals surface area contributed by atoms with Crippen molar-refractivity contribution < 1.29 is 0 Å². The van der Waals surface area contributed by atoms with Gasteiger partial charge in [-0.25, -0.2) is 0 Å². The molecule has 0 amide bonds. The van der Waals surface area contributed by atoms with E-state index in [1.807, 2.05) is 0 Å². The van der Waals surface area contributed by atoms with E-state index in [2.05, 4.69) is 39.0 Å². The van der Waals surface area contributed by atoms with Crippen LogP contribution in [-0.4, -0.2) is 0 Å². The second-order valence-electron chi connectivity index (χ2n) is 4.62. The SMILES string of the molecule is CC1CC(C)(C)C2C=CC=C12. The first-order valence-corrected chi connectivity index (χ1v) is 4.49. The summed E-state index contributed by atoms with van der Waals surface area (Å²) < 4.78 is 0. The molecule has 2 rings (SSSR count). The van der Waals surface area contributed by atoms with Gasteiger partial charge in [-0.2, -0.15) is 0 Å². The molecule has 2 atom stereocenters. The van der Waals surface area contributed by atoms with Crippen molar-refractivity contribution >= 4 is 0 Å². The van der Waals surface area contributed by atoms with Gasteiger partial charge in [0.25, 0.3) is 0 Å². The van der Waals surface area contributed by atoms with Crippen molar-refractivity contribution in [3.8, 4) is 0 Å². The Hall–Kier alpha value is -0.520. The molecule has 0 N–H and O–H groups in total. The van der Waals surface area contributed by atoms with Crippen molar-refractivity contribution in [3.05, 3.63) is 23.8 Å². The van der Waals surface area contributed by atoms with Gasteiger partial charge in [0, 0.05) is 5.92 Å². The average Bonchev–Trinajstić information content (AvgIpc) is 2.37. The molecular formula is C11H16. The minimum atomic E-state index is 0.512. The van der Waals surface area contributed by atoms with Gasteiger partial charge in [-0.1, -0.05) is 44.6 Å². The molecule has 0 heteroatoms. The van der Waals surface area contributed by atoms with Gasteiger partial charge in [0.05, 0.1) is 0 Å². The molecule has 0 aliphatic heterocycles. The average molecular weight is 148 g/mol. The zero-order valence-corrected chi connectivity index (χ0v) is 7.59. The molecule has 0 aromatic rings. The summed E-state index contributed by atoms with van der Waals surface area (Å²) in [6.07, 6.45) is 8.24. The summed E-state index contributed by atoms with van der Waals surface area (Å²) in [6, 6.07) is 0. The fourth-order valence-electron chi connectivity index (χ4n) is 2.71. The molecule has 60 valence electrons. The predicted molar refractivity (Wildman–Crippen MR) is 48.3 cm³/mol. The quantitative estimate of drug-likeness (QED) is 0.495. The van der Waals surface area contributed by atoms with Crippen molar-refractivity contribution in [2.45, 2.75) is 27.2 Å². The Morgan fingerprint density at radius 1 is 1.45 bits per heavy atom. The minimum Gasteiger partial charge on any atom is -0.0768 e. The molecule has 0 aromatic carbocycles. The summed E-state index contributed by atoms with van der Waals surface area (Å²) in [5, 5.41) is 0. The molecule has 0 saturated heterocycles. The molecule has 1 fully saturated rings. The van der Waals surface area contributed by atoms with Gasteiger partial charge >= 0.3 is 0 Å². The summed E-state index contributed by atoms with van der Waals surface area (Å²) in [4.78, 5) is 0. The highest BCUT2D eigenvalue weighted by atomic mass is 14.5. The molecule has 2 aliphatic rings. The number of fused-ring (bicyclic) bond motifs is 1. The first-order chi connectivity index (χ1) is 5.11. The second-order valence-corrected chi connectivity index (χ2v) is 4.62. The Morgan fingerprint density at radius 2 is 2.18 bits per heavy atom. The number of rotatable bonds is 0. The van der Waals surface area contributed by atoms with Crippen LogP contribution in [0.3, 0.4) is 0 Å². The van der Waals surface area contributed by atoms with E-state index in [1.54, 1.807) is 5.57 Å². The third kappa shape index (κ3) is 0.885. The normalized spacial score (nSPS) is 39.0. The summed E-state index contributed by atoms with van der Waals surface area (Å²) in [7, 11) is 0. The van der Waals surface area contributed by atoms with Gasteiger partial charge in [-0.05, 0) is 17.8 Å². The number of allylic oxidation sites excluding steroid dienone is 4. The van der Waals surface area contributed by atoms with Crippen molar-refractivity contribution in [3.63, 3.8) is 0 Å². The lowest BCUT2D eigenvalue weighted by molar-refractivity contribution is 0.315. The van der Waals surface area contributed by atoms with E-state index in [-0.39, 0.29) is 0 Å². The van der Waals surface area contributed by atoms with E-state index in [0.717, 1.165) is 11.8 Å². The van der Waals surface area contributed by atoms with Gasteiger partial charge in [0.1, 0.15) is 0 Å². The van der Waals surface area contributed by atoms with E-state index in [0.29, 0.717) is 5.41 Å². The summed E-state index contributed by atoms with van der Waals surface area (Å²) in [5.41, 5.74) is 2.17. The van der Waals surface area contributed by atoms with Gasteiger partial charge in [-0.15, -0.1) is 0 Å². The van der Waals surface area contributed by atoms with Gasteiger partial charge in [0.2, 0.25) is 0 Å². The third-order valence-electron chi connectivity index (χ3n) is 3.19. The zero-order valence-electron chi connectivity index (χ0n) is 7.59. The largest absolute Gasteiger partial charge is 0.0768 e. The summed E-state index contributed by atoms with van der Waals surface area (Å²) in [6.45, 7) is 7.11. The van der Waals surface area contributed by atoms with Gasteiger partial charge < -0.3 is 0 Å². The lowest BCUT2D eigenvalue weighted by Gasteiger charge is -2.22. The molecule has 0 heterocycles. The van der Waals surface area contributed by atoms with Crippen LogP contribution >= 0.6 is 0 Å². The molecule has 0 aromatic heterocycles. The van der Waals surface area contributed by atoms with Crippen LogP contribution in [0.2, 0.25) is 0 Å². The first kappa shape index (κ1) is 7.15. The van der Waals surface area contributed by atoms with Crippen LogP contribution in [0.1, 0.15) is 27.2 Å². The Morgan fingerprint density at radius 3 is 2.82 bits per heavy atom. The highest BCUT2D eigenvalue weighted by molar-refractivity contribution is 5.34. The Balaban J connectivity index is 2.36. The Kier molecular flexibility index (Phi) is 1.30. The topological polar surface area (TPSA) is 0 Å². The lowest BCUT2D eigenvalue weighted by Crippen LogP contribution is -2.14. The number of hydrogen-bond donors (Lipinski definition) is 0. The van der Waals surface area contributed by atoms with Crippen LogP contribution in [0.25, 0.3) is 0 Å². The van der Waals surface area contributed by atoms with Crippen LogP contribution in [0.5, 0.6) is 0 Å². The van der Waals surface area contributed by atoms with Crippen LogP contribution in [0.4, 0.5) is 0 Å². The van der Waals surface area contributed by atoms with Gasteiger partial charge in [0.15, 0.2) is 0 Å². The van der Waals surface area contributed by atoms with E-state index >= 15 is 0 Å². The zero-order chi connectivity index (χ0) is 8.06. The summed E-state index contributed by atoms with van der Waals surface area (Å²) >= 11 is 0. The third-order valence-corrected chi connectivity index (χ3v) is 3.19. The maximum absolute atomic E-state index is 2.38. The smallest absolute Gasteiger partial charge is 0.00371 e. The summed E-state index contributed by atoms with van der Waals surface area (Å²) in [5.74, 6) is 1.56. The monoisotopic (exact) mass is 148 g/mol. The van der Waals surface area contributed by atoms with E-state index in [1.165, 1.54) is 6.42 Å². The van der Waals surface area contributed by atoms with E-state index in [9.17, 15) is 0 Å². The molecule has 1 saturated carbocycles. The van der Waals surface area contributed by atoms with Crippen LogP contribution in [0, 0.1) is 17.3 Å². The first-order valence-electron chi connectivity index (χ1n) is 4.49. The molecular weight excluding hydrogens is 132 g/mol. The molecule has 0 radical (unpaired) electrons. The van der Waals surface area contributed by atoms with E-state index in [4.69, 9.17) is 0 Å². The minimum absolute atomic E-state index is 0.512. The Labute approximate surface area is 69.0 Å². The maximum atomic E-state index is 2.38. The fourth-order valence-corrected chi connectivity index (χ4v) is 2.71. The van der Waals surface area contributed by atoms with Crippen molar-refractivity contribution in [2.24, 2.45) is 17.3 Å². The van der Waals surface area contributed by atoms with Crippen molar-refractivity contribution in [2.75, 3.05) is 0 Å². The predicted octanol–water partition coefficient (Wildman–Crippen LogP) is 3.16. The van der Waals surface area contributed by atoms with E-state index < -0.39 is 0 Å². The Bertz CT molecular complexity index is 230. The van der Waals surface area contributed by atoms with Crippen molar-refractivity contribution in [1.29, 1.82) is 0 Å². The van der Waals surface area contributed by atoms with Crippen LogP contribution < -0.4 is 0 Å². The number of hydrogen-bond acceptors (Lipinski definition) is 0. The molecule has 11 heavy (non-hydrogen) atoms. The highest BCUT2D eigenvalue weighted by Crippen LogP contribution is 2.51. The molecule has 0 spiro atoms. The van der Waals surface area contributed by atoms with Crippen LogP contribution in [-0.2, 0) is 0 Å². The molecule has 0 bridgehead atoms. The fraction of sp³-hybridized carbons (Fsp3) is 0.636. The van der Waals surface area contributed by atoms with Crippen LogP contribution in [0.15, 0.2) is 23.8 Å². The standard InChI is InChI=1S/C11H16/c1-8-7-11(2,3)10-6-4-5-9(8)10/h4-6,8,10H,7H2,1-3H3. The van der Waals surface area contributed by atoms with Gasteiger partial charge in [-0.3, -0.25) is 0 Å². The molecule has 2 unspecified atom stereocenters. The lowest BCUT2D eigenvalue weighted by atomic mass is 9.82. The van der Waals surface area contributed by atoms with Crippen molar-refractivity contribution in [1.82, 2.24) is 0 Å². The second kappa shape index (κ2) is 2.00. The molecule has 0 nitrogen and oxygen atoms in total. The highest BCUT2D eigenvalue weighted by Gasteiger charge is 2.41.